The highest BCUT2D eigenvalue weighted by molar-refractivity contribution is 7.89. The SMILES string of the molecule is Nc1ccc(OCCS(=O)(=O)N(CCO)C2CCC2)cc1. The minimum Gasteiger partial charge on any atom is -0.492 e. The predicted octanol–water partition coefficient (Wildman–Crippen LogP) is 0.824. The van der Waals surface area contributed by atoms with Crippen molar-refractivity contribution < 1.29 is 18.3 Å². The minimum atomic E-state index is -3.40. The first-order valence-corrected chi connectivity index (χ1v) is 8.72. The molecule has 0 saturated heterocycles. The molecule has 1 saturated carbocycles. The summed E-state index contributed by atoms with van der Waals surface area (Å²) in [5.41, 5.74) is 6.20. The molecular weight excluding hydrogens is 292 g/mol. The fourth-order valence-electron chi connectivity index (χ4n) is 2.27. The lowest BCUT2D eigenvalue weighted by atomic mass is 9.93. The monoisotopic (exact) mass is 314 g/mol. The van der Waals surface area contributed by atoms with Gasteiger partial charge in [-0.1, -0.05) is 6.42 Å². The van der Waals surface area contributed by atoms with Crippen molar-refractivity contribution in [2.24, 2.45) is 0 Å². The van der Waals surface area contributed by atoms with Crippen LogP contribution in [-0.4, -0.2) is 49.4 Å². The molecule has 1 aromatic carbocycles. The van der Waals surface area contributed by atoms with Gasteiger partial charge in [-0.3, -0.25) is 0 Å². The molecule has 1 aliphatic rings. The Kier molecular flexibility index (Phi) is 5.44. The van der Waals surface area contributed by atoms with Crippen molar-refractivity contribution in [1.82, 2.24) is 4.31 Å². The molecule has 1 aliphatic carbocycles. The first-order valence-electron chi connectivity index (χ1n) is 7.11. The van der Waals surface area contributed by atoms with Crippen molar-refractivity contribution in [3.8, 4) is 5.75 Å². The van der Waals surface area contributed by atoms with Crippen molar-refractivity contribution in [3.63, 3.8) is 0 Å². The van der Waals surface area contributed by atoms with Crippen LogP contribution in [0.1, 0.15) is 19.3 Å². The number of sulfonamides is 1. The van der Waals surface area contributed by atoms with Crippen LogP contribution in [0.4, 0.5) is 5.69 Å². The van der Waals surface area contributed by atoms with Gasteiger partial charge in [-0.25, -0.2) is 8.42 Å². The van der Waals surface area contributed by atoms with Crippen molar-refractivity contribution >= 4 is 15.7 Å². The van der Waals surface area contributed by atoms with Crippen LogP contribution in [0.15, 0.2) is 24.3 Å². The van der Waals surface area contributed by atoms with Gasteiger partial charge in [0.2, 0.25) is 10.0 Å². The summed E-state index contributed by atoms with van der Waals surface area (Å²) in [5, 5.41) is 9.05. The van der Waals surface area contributed by atoms with Crippen LogP contribution in [0, 0.1) is 0 Å². The van der Waals surface area contributed by atoms with E-state index >= 15 is 0 Å². The van der Waals surface area contributed by atoms with E-state index < -0.39 is 10.0 Å². The number of ether oxygens (including phenoxy) is 1. The smallest absolute Gasteiger partial charge is 0.217 e. The topological polar surface area (TPSA) is 92.9 Å². The van der Waals surface area contributed by atoms with E-state index in [2.05, 4.69) is 0 Å². The number of nitrogens with two attached hydrogens (primary N) is 1. The summed E-state index contributed by atoms with van der Waals surface area (Å²) in [7, 11) is -3.40. The Balaban J connectivity index is 1.88. The fourth-order valence-corrected chi connectivity index (χ4v) is 3.82. The molecule has 21 heavy (non-hydrogen) atoms. The molecule has 1 fully saturated rings. The van der Waals surface area contributed by atoms with Gasteiger partial charge in [-0.2, -0.15) is 4.31 Å². The summed E-state index contributed by atoms with van der Waals surface area (Å²) in [4.78, 5) is 0. The molecule has 0 radical (unpaired) electrons. The zero-order valence-corrected chi connectivity index (χ0v) is 12.8. The lowest BCUT2D eigenvalue weighted by Gasteiger charge is -2.36. The van der Waals surface area contributed by atoms with Gasteiger partial charge in [0.05, 0.1) is 12.4 Å². The van der Waals surface area contributed by atoms with Gasteiger partial charge in [0.1, 0.15) is 12.4 Å². The molecular formula is C14H22N2O4S. The number of aliphatic hydroxyl groups excluding tert-OH is 1. The van der Waals surface area contributed by atoms with Crippen LogP contribution < -0.4 is 10.5 Å². The highest BCUT2D eigenvalue weighted by Crippen LogP contribution is 2.27. The summed E-state index contributed by atoms with van der Waals surface area (Å²) >= 11 is 0. The number of nitrogens with zero attached hydrogens (tertiary/aromatic N) is 1. The van der Waals surface area contributed by atoms with Crippen LogP contribution >= 0.6 is 0 Å². The van der Waals surface area contributed by atoms with Crippen LogP contribution in [0.25, 0.3) is 0 Å². The molecule has 118 valence electrons. The standard InChI is InChI=1S/C14H22N2O4S/c15-12-4-6-14(7-5-12)20-10-11-21(18,19)16(8-9-17)13-2-1-3-13/h4-7,13,17H,1-3,8-11,15H2. The molecule has 2 rings (SSSR count). The van der Waals surface area contributed by atoms with Gasteiger partial charge in [0.25, 0.3) is 0 Å². The average molecular weight is 314 g/mol. The highest BCUT2D eigenvalue weighted by Gasteiger charge is 2.33. The van der Waals surface area contributed by atoms with Crippen LogP contribution in [0.2, 0.25) is 0 Å². The van der Waals surface area contributed by atoms with Crippen LogP contribution in [0.5, 0.6) is 5.75 Å². The molecule has 0 unspecified atom stereocenters. The van der Waals surface area contributed by atoms with E-state index in [-0.39, 0.29) is 31.6 Å². The molecule has 0 aromatic heterocycles. The normalized spacial score (nSPS) is 15.9. The second kappa shape index (κ2) is 7.11. The molecule has 0 amide bonds. The summed E-state index contributed by atoms with van der Waals surface area (Å²) < 4.78 is 31.5. The maximum Gasteiger partial charge on any atom is 0.217 e. The van der Waals surface area contributed by atoms with E-state index in [1.54, 1.807) is 24.3 Å². The Bertz CT molecular complexity index is 541. The third-order valence-corrected chi connectivity index (χ3v) is 5.53. The number of aliphatic hydroxyl groups is 1. The van der Waals surface area contributed by atoms with E-state index in [0.29, 0.717) is 11.4 Å². The summed E-state index contributed by atoms with van der Waals surface area (Å²) in [5.74, 6) is 0.505. The second-order valence-corrected chi connectivity index (χ2v) is 7.19. The van der Waals surface area contributed by atoms with Crippen molar-refractivity contribution in [1.29, 1.82) is 0 Å². The van der Waals surface area contributed by atoms with E-state index in [4.69, 9.17) is 15.6 Å². The second-order valence-electron chi connectivity index (χ2n) is 5.15. The summed E-state index contributed by atoms with van der Waals surface area (Å²) in [6.45, 7) is 0.0876. The number of hydrogen-bond acceptors (Lipinski definition) is 5. The predicted molar refractivity (Wildman–Crippen MR) is 81.6 cm³/mol. The van der Waals surface area contributed by atoms with Gasteiger partial charge in [0, 0.05) is 18.3 Å². The first kappa shape index (κ1) is 16.1. The zero-order chi connectivity index (χ0) is 15.3. The van der Waals surface area contributed by atoms with Gasteiger partial charge in [0.15, 0.2) is 0 Å². The molecule has 3 N–H and O–H groups in total. The largest absolute Gasteiger partial charge is 0.492 e. The van der Waals surface area contributed by atoms with Gasteiger partial charge in [-0.15, -0.1) is 0 Å². The quantitative estimate of drug-likeness (QED) is 0.693. The van der Waals surface area contributed by atoms with E-state index in [0.717, 1.165) is 19.3 Å². The zero-order valence-electron chi connectivity index (χ0n) is 11.9. The molecule has 1 aromatic rings. The lowest BCUT2D eigenvalue weighted by molar-refractivity contribution is 0.177. The minimum absolute atomic E-state index is 0.0404. The number of anilines is 1. The van der Waals surface area contributed by atoms with Crippen molar-refractivity contribution in [2.45, 2.75) is 25.3 Å². The van der Waals surface area contributed by atoms with Gasteiger partial charge < -0.3 is 15.6 Å². The van der Waals surface area contributed by atoms with Gasteiger partial charge in [-0.05, 0) is 37.1 Å². The number of nitrogen functional groups attached to an aromatic ring is 1. The van der Waals surface area contributed by atoms with Crippen molar-refractivity contribution in [3.05, 3.63) is 24.3 Å². The summed E-state index contributed by atoms with van der Waals surface area (Å²) in [6.07, 6.45) is 2.79. The Morgan fingerprint density at radius 1 is 1.29 bits per heavy atom. The maximum absolute atomic E-state index is 12.3. The molecule has 0 aliphatic heterocycles. The average Bonchev–Trinajstić information content (AvgIpc) is 2.38. The Hall–Kier alpha value is -1.31. The number of rotatable bonds is 8. The fraction of sp³-hybridized carbons (Fsp3) is 0.571. The van der Waals surface area contributed by atoms with Crippen LogP contribution in [0.3, 0.4) is 0 Å². The van der Waals surface area contributed by atoms with Crippen molar-refractivity contribution in [2.75, 3.05) is 31.2 Å². The van der Waals surface area contributed by atoms with Gasteiger partial charge >= 0.3 is 0 Å². The highest BCUT2D eigenvalue weighted by atomic mass is 32.2. The third kappa shape index (κ3) is 4.33. The molecule has 6 nitrogen and oxygen atoms in total. The molecule has 0 spiro atoms. The third-order valence-electron chi connectivity index (χ3n) is 3.65. The molecule has 7 heteroatoms. The van der Waals surface area contributed by atoms with Crippen LogP contribution in [-0.2, 0) is 10.0 Å². The summed E-state index contributed by atoms with van der Waals surface area (Å²) in [6, 6.07) is 6.87. The Morgan fingerprint density at radius 3 is 2.48 bits per heavy atom. The number of hydrogen-bond donors (Lipinski definition) is 2. The molecule has 0 bridgehead atoms. The van der Waals surface area contributed by atoms with E-state index in [1.165, 1.54) is 4.31 Å². The first-order chi connectivity index (χ1) is 10.0. The lowest BCUT2D eigenvalue weighted by Crippen LogP contribution is -2.47. The maximum atomic E-state index is 12.3. The number of benzene rings is 1. The van der Waals surface area contributed by atoms with E-state index in [9.17, 15) is 8.42 Å². The molecule has 0 heterocycles. The molecule has 0 atom stereocenters. The Morgan fingerprint density at radius 2 is 1.95 bits per heavy atom. The Labute approximate surface area is 125 Å². The van der Waals surface area contributed by atoms with E-state index in [1.807, 2.05) is 0 Å².